The lowest BCUT2D eigenvalue weighted by Gasteiger charge is -2.07. The number of aryl methyl sites for hydroxylation is 1. The molecule has 0 bridgehead atoms. The Morgan fingerprint density at radius 3 is 3.19 bits per heavy atom. The minimum absolute atomic E-state index is 0.121. The van der Waals surface area contributed by atoms with Crippen LogP contribution in [-0.2, 0) is 11.2 Å². The molecule has 1 unspecified atom stereocenters. The van der Waals surface area contributed by atoms with Crippen molar-refractivity contribution in [3.63, 3.8) is 0 Å². The number of rotatable bonds is 2. The van der Waals surface area contributed by atoms with Gasteiger partial charge in [0, 0.05) is 0 Å². The van der Waals surface area contributed by atoms with Crippen LogP contribution >= 0.6 is 11.3 Å². The summed E-state index contributed by atoms with van der Waals surface area (Å²) < 4.78 is 6.85. The smallest absolute Gasteiger partial charge is 0.101 e. The summed E-state index contributed by atoms with van der Waals surface area (Å²) in [6.07, 6.45) is 5.30. The number of hydrogen-bond acceptors (Lipinski definition) is 3. The van der Waals surface area contributed by atoms with Crippen LogP contribution in [0.15, 0.2) is 30.4 Å². The number of nitrogens with zero attached hydrogens (tertiary/aromatic N) is 1. The molecule has 0 saturated carbocycles. The Labute approximate surface area is 98.6 Å². The fraction of sp³-hybridized carbons (Fsp3) is 0.308. The van der Waals surface area contributed by atoms with Crippen molar-refractivity contribution in [2.24, 2.45) is 0 Å². The SMILES string of the molecule is CCc1nc2cc(C3C=CCO3)ccc2s1. The Hall–Kier alpha value is -1.19. The second-order valence-electron chi connectivity index (χ2n) is 3.87. The highest BCUT2D eigenvalue weighted by Gasteiger charge is 2.13. The molecule has 3 rings (SSSR count). The molecule has 2 nitrogen and oxygen atoms in total. The van der Waals surface area contributed by atoms with Crippen molar-refractivity contribution < 1.29 is 4.74 Å². The third-order valence-corrected chi connectivity index (χ3v) is 3.95. The summed E-state index contributed by atoms with van der Waals surface area (Å²) >= 11 is 1.78. The fourth-order valence-corrected chi connectivity index (χ4v) is 2.81. The third-order valence-electron chi connectivity index (χ3n) is 2.77. The summed E-state index contributed by atoms with van der Waals surface area (Å²) in [6.45, 7) is 2.86. The molecule has 0 aliphatic carbocycles. The average Bonchev–Trinajstić information content (AvgIpc) is 2.96. The highest BCUT2D eigenvalue weighted by molar-refractivity contribution is 7.18. The van der Waals surface area contributed by atoms with Crippen molar-refractivity contribution in [1.29, 1.82) is 0 Å². The van der Waals surface area contributed by atoms with E-state index in [-0.39, 0.29) is 6.10 Å². The molecular weight excluding hydrogens is 218 g/mol. The molecule has 2 heterocycles. The van der Waals surface area contributed by atoms with Gasteiger partial charge >= 0.3 is 0 Å². The zero-order valence-electron chi connectivity index (χ0n) is 9.14. The summed E-state index contributed by atoms with van der Waals surface area (Å²) in [5, 5.41) is 1.20. The molecule has 1 atom stereocenters. The first-order valence-corrected chi connectivity index (χ1v) is 6.36. The van der Waals surface area contributed by atoms with Crippen LogP contribution in [0, 0.1) is 0 Å². The molecule has 16 heavy (non-hydrogen) atoms. The van der Waals surface area contributed by atoms with Gasteiger partial charge in [0.05, 0.1) is 21.8 Å². The van der Waals surface area contributed by atoms with Crippen LogP contribution in [0.25, 0.3) is 10.2 Å². The summed E-state index contributed by atoms with van der Waals surface area (Å²) in [5.74, 6) is 0. The van der Waals surface area contributed by atoms with Gasteiger partial charge in [-0.1, -0.05) is 25.1 Å². The average molecular weight is 231 g/mol. The molecule has 2 aromatic rings. The topological polar surface area (TPSA) is 22.1 Å². The van der Waals surface area contributed by atoms with Gasteiger partial charge in [-0.3, -0.25) is 0 Å². The summed E-state index contributed by atoms with van der Waals surface area (Å²) in [4.78, 5) is 4.60. The molecule has 0 amide bonds. The molecular formula is C13H13NOS. The van der Waals surface area contributed by atoms with Gasteiger partial charge in [-0.15, -0.1) is 11.3 Å². The maximum absolute atomic E-state index is 5.59. The van der Waals surface area contributed by atoms with Gasteiger partial charge in [-0.05, 0) is 24.1 Å². The highest BCUT2D eigenvalue weighted by atomic mass is 32.1. The molecule has 3 heteroatoms. The second-order valence-corrected chi connectivity index (χ2v) is 4.99. The maximum Gasteiger partial charge on any atom is 0.101 e. The van der Waals surface area contributed by atoms with E-state index in [1.165, 1.54) is 15.3 Å². The molecule has 0 fully saturated rings. The van der Waals surface area contributed by atoms with E-state index >= 15 is 0 Å². The largest absolute Gasteiger partial charge is 0.365 e. The van der Waals surface area contributed by atoms with Gasteiger partial charge < -0.3 is 4.74 Å². The van der Waals surface area contributed by atoms with Crippen LogP contribution < -0.4 is 0 Å². The highest BCUT2D eigenvalue weighted by Crippen LogP contribution is 2.29. The number of benzene rings is 1. The second kappa shape index (κ2) is 4.00. The number of fused-ring (bicyclic) bond motifs is 1. The van der Waals surface area contributed by atoms with E-state index in [0.717, 1.165) is 18.5 Å². The van der Waals surface area contributed by atoms with E-state index in [1.54, 1.807) is 11.3 Å². The molecule has 1 aromatic heterocycles. The van der Waals surface area contributed by atoms with Crippen LogP contribution in [0.3, 0.4) is 0 Å². The van der Waals surface area contributed by atoms with E-state index in [2.05, 4.69) is 42.3 Å². The lowest BCUT2D eigenvalue weighted by molar-refractivity contribution is 0.129. The molecule has 82 valence electrons. The minimum atomic E-state index is 0.121. The number of ether oxygens (including phenoxy) is 1. The van der Waals surface area contributed by atoms with Gasteiger partial charge in [0.2, 0.25) is 0 Å². The van der Waals surface area contributed by atoms with E-state index in [9.17, 15) is 0 Å². The van der Waals surface area contributed by atoms with Crippen molar-refractivity contribution in [1.82, 2.24) is 4.98 Å². The predicted molar refractivity (Wildman–Crippen MR) is 66.8 cm³/mol. The van der Waals surface area contributed by atoms with Gasteiger partial charge in [0.1, 0.15) is 6.10 Å². The standard InChI is InChI=1S/C13H13NOS/c1-2-13-14-10-8-9(5-6-12(10)16-13)11-4-3-7-15-11/h3-6,8,11H,2,7H2,1H3. The minimum Gasteiger partial charge on any atom is -0.365 e. The molecule has 1 aromatic carbocycles. The predicted octanol–water partition coefficient (Wildman–Crippen LogP) is 3.49. The van der Waals surface area contributed by atoms with E-state index in [1.807, 2.05) is 0 Å². The Bertz CT molecular complexity index is 544. The van der Waals surface area contributed by atoms with Crippen molar-refractivity contribution in [2.75, 3.05) is 6.61 Å². The van der Waals surface area contributed by atoms with Crippen molar-refractivity contribution in [2.45, 2.75) is 19.4 Å². The molecule has 1 aliphatic heterocycles. The Morgan fingerprint density at radius 2 is 2.44 bits per heavy atom. The molecule has 0 spiro atoms. The van der Waals surface area contributed by atoms with Crippen molar-refractivity contribution in [3.05, 3.63) is 40.9 Å². The summed E-state index contributed by atoms with van der Waals surface area (Å²) in [6, 6.07) is 6.43. The molecule has 0 N–H and O–H groups in total. The Kier molecular flexibility index (Phi) is 2.50. The van der Waals surface area contributed by atoms with Gasteiger partial charge in [0.15, 0.2) is 0 Å². The normalized spacial score (nSPS) is 19.7. The summed E-state index contributed by atoms with van der Waals surface area (Å²) in [5.41, 5.74) is 2.30. The molecule has 0 saturated heterocycles. The zero-order chi connectivity index (χ0) is 11.0. The van der Waals surface area contributed by atoms with Crippen LogP contribution in [0.1, 0.15) is 23.6 Å². The van der Waals surface area contributed by atoms with Crippen molar-refractivity contribution >= 4 is 21.6 Å². The number of hydrogen-bond donors (Lipinski definition) is 0. The fourth-order valence-electron chi connectivity index (χ4n) is 1.92. The van der Waals surface area contributed by atoms with E-state index in [4.69, 9.17) is 4.74 Å². The maximum atomic E-state index is 5.59. The number of thiazole rings is 1. The first-order valence-electron chi connectivity index (χ1n) is 5.54. The third kappa shape index (κ3) is 1.66. The van der Waals surface area contributed by atoms with Gasteiger partial charge in [0.25, 0.3) is 0 Å². The van der Waals surface area contributed by atoms with Crippen LogP contribution in [-0.4, -0.2) is 11.6 Å². The van der Waals surface area contributed by atoms with E-state index in [0.29, 0.717) is 0 Å². The Morgan fingerprint density at radius 1 is 1.50 bits per heavy atom. The lowest BCUT2D eigenvalue weighted by Crippen LogP contribution is -1.95. The zero-order valence-corrected chi connectivity index (χ0v) is 9.96. The van der Waals surface area contributed by atoms with Gasteiger partial charge in [-0.2, -0.15) is 0 Å². The Balaban J connectivity index is 2.04. The molecule has 1 aliphatic rings. The molecule has 0 radical (unpaired) electrons. The first kappa shape index (κ1) is 10.00. The van der Waals surface area contributed by atoms with Crippen LogP contribution in [0.2, 0.25) is 0 Å². The van der Waals surface area contributed by atoms with Gasteiger partial charge in [-0.25, -0.2) is 4.98 Å². The monoisotopic (exact) mass is 231 g/mol. The van der Waals surface area contributed by atoms with Crippen LogP contribution in [0.4, 0.5) is 0 Å². The van der Waals surface area contributed by atoms with Crippen LogP contribution in [0.5, 0.6) is 0 Å². The first-order chi connectivity index (χ1) is 7.86. The summed E-state index contributed by atoms with van der Waals surface area (Å²) in [7, 11) is 0. The quantitative estimate of drug-likeness (QED) is 0.738. The van der Waals surface area contributed by atoms with Crippen molar-refractivity contribution in [3.8, 4) is 0 Å². The lowest BCUT2D eigenvalue weighted by atomic mass is 10.1. The number of aromatic nitrogens is 1. The van der Waals surface area contributed by atoms with E-state index < -0.39 is 0 Å².